The Morgan fingerprint density at radius 2 is 2.22 bits per heavy atom. The molecule has 0 amide bonds. The van der Waals surface area contributed by atoms with Gasteiger partial charge in [-0.15, -0.1) is 10.2 Å². The molecule has 0 unspecified atom stereocenters. The minimum absolute atomic E-state index is 0.299. The van der Waals surface area contributed by atoms with E-state index < -0.39 is 0 Å². The third kappa shape index (κ3) is 3.05. The maximum Gasteiger partial charge on any atom is 0.146 e. The van der Waals surface area contributed by atoms with Crippen LogP contribution in [0.15, 0.2) is 24.5 Å². The van der Waals surface area contributed by atoms with Crippen LogP contribution < -0.4 is 5.32 Å². The summed E-state index contributed by atoms with van der Waals surface area (Å²) in [6.45, 7) is 3.82. The number of rotatable bonds is 5. The lowest BCUT2D eigenvalue weighted by atomic mass is 10.2. The Balaban J connectivity index is 1.92. The molecule has 2 rings (SSSR count). The van der Waals surface area contributed by atoms with Crippen molar-refractivity contribution in [2.75, 3.05) is 0 Å². The van der Waals surface area contributed by atoms with Crippen LogP contribution in [0.3, 0.4) is 0 Å². The lowest BCUT2D eigenvalue weighted by molar-refractivity contribution is 0.571. The van der Waals surface area contributed by atoms with Gasteiger partial charge in [-0.3, -0.25) is 0 Å². The summed E-state index contributed by atoms with van der Waals surface area (Å²) in [7, 11) is 0. The van der Waals surface area contributed by atoms with E-state index in [-0.39, 0.29) is 5.82 Å². The number of halogens is 2. The minimum Gasteiger partial charge on any atom is -0.317 e. The van der Waals surface area contributed by atoms with Gasteiger partial charge in [-0.2, -0.15) is 0 Å². The normalized spacial score (nSPS) is 10.8. The largest absolute Gasteiger partial charge is 0.317 e. The monoisotopic (exact) mass is 268 g/mol. The summed E-state index contributed by atoms with van der Waals surface area (Å²) in [5.74, 6) is 0.541. The van der Waals surface area contributed by atoms with Crippen LogP contribution in [0.1, 0.15) is 18.3 Å². The van der Waals surface area contributed by atoms with Gasteiger partial charge in [-0.1, -0.05) is 17.7 Å². The van der Waals surface area contributed by atoms with E-state index in [4.69, 9.17) is 11.6 Å². The number of aromatic nitrogens is 3. The second kappa shape index (κ2) is 5.93. The van der Waals surface area contributed by atoms with Crippen molar-refractivity contribution in [3.63, 3.8) is 0 Å². The van der Waals surface area contributed by atoms with Crippen molar-refractivity contribution >= 4 is 11.6 Å². The predicted molar refractivity (Wildman–Crippen MR) is 67.6 cm³/mol. The second-order valence-electron chi connectivity index (χ2n) is 3.87. The first-order valence-electron chi connectivity index (χ1n) is 5.72. The first kappa shape index (κ1) is 13.0. The van der Waals surface area contributed by atoms with Crippen LogP contribution >= 0.6 is 11.6 Å². The van der Waals surface area contributed by atoms with Gasteiger partial charge in [0, 0.05) is 23.7 Å². The molecule has 1 aromatic heterocycles. The summed E-state index contributed by atoms with van der Waals surface area (Å²) in [6.07, 6.45) is 1.68. The van der Waals surface area contributed by atoms with Gasteiger partial charge in [-0.05, 0) is 19.1 Å². The smallest absolute Gasteiger partial charge is 0.146 e. The number of hydrogen-bond acceptors (Lipinski definition) is 3. The van der Waals surface area contributed by atoms with E-state index in [1.165, 1.54) is 6.07 Å². The zero-order chi connectivity index (χ0) is 13.0. The molecule has 0 aliphatic rings. The Kier molecular flexibility index (Phi) is 4.28. The van der Waals surface area contributed by atoms with Crippen molar-refractivity contribution < 1.29 is 4.39 Å². The molecule has 4 nitrogen and oxygen atoms in total. The van der Waals surface area contributed by atoms with Crippen molar-refractivity contribution in [2.45, 2.75) is 26.6 Å². The maximum absolute atomic E-state index is 13.5. The van der Waals surface area contributed by atoms with E-state index in [2.05, 4.69) is 15.5 Å². The van der Waals surface area contributed by atoms with Crippen LogP contribution in [0, 0.1) is 5.82 Å². The second-order valence-corrected chi connectivity index (χ2v) is 4.31. The molecule has 1 aromatic carbocycles. The van der Waals surface area contributed by atoms with Crippen molar-refractivity contribution in [1.29, 1.82) is 0 Å². The van der Waals surface area contributed by atoms with Crippen LogP contribution in [0.2, 0.25) is 5.02 Å². The SMILES string of the molecule is CCn1cnnc1CNCc1ccc(Cl)cc1F. The predicted octanol–water partition coefficient (Wildman–Crippen LogP) is 2.38. The fraction of sp³-hybridized carbons (Fsp3) is 0.333. The van der Waals surface area contributed by atoms with Gasteiger partial charge in [0.25, 0.3) is 0 Å². The first-order valence-corrected chi connectivity index (χ1v) is 6.10. The topological polar surface area (TPSA) is 42.7 Å². The average molecular weight is 269 g/mol. The number of hydrogen-bond donors (Lipinski definition) is 1. The molecular formula is C12H14ClFN4. The van der Waals surface area contributed by atoms with Crippen LogP contribution in [-0.4, -0.2) is 14.8 Å². The van der Waals surface area contributed by atoms with Crippen molar-refractivity contribution in [2.24, 2.45) is 0 Å². The number of nitrogens with zero attached hydrogens (tertiary/aromatic N) is 3. The molecule has 0 saturated carbocycles. The molecule has 0 aliphatic heterocycles. The van der Waals surface area contributed by atoms with Gasteiger partial charge < -0.3 is 9.88 Å². The summed E-state index contributed by atoms with van der Waals surface area (Å²) in [5.41, 5.74) is 0.585. The number of aryl methyl sites for hydroxylation is 1. The molecule has 0 saturated heterocycles. The van der Waals surface area contributed by atoms with Gasteiger partial charge in [0.15, 0.2) is 0 Å². The first-order chi connectivity index (χ1) is 8.70. The van der Waals surface area contributed by atoms with Crippen LogP contribution in [0.4, 0.5) is 4.39 Å². The molecular weight excluding hydrogens is 255 g/mol. The highest BCUT2D eigenvalue weighted by Crippen LogP contribution is 2.14. The fourth-order valence-electron chi connectivity index (χ4n) is 1.65. The molecule has 0 radical (unpaired) electrons. The molecule has 0 atom stereocenters. The molecule has 0 aliphatic carbocycles. The third-order valence-electron chi connectivity index (χ3n) is 2.65. The highest BCUT2D eigenvalue weighted by atomic mass is 35.5. The number of nitrogens with one attached hydrogen (secondary N) is 1. The lowest BCUT2D eigenvalue weighted by Crippen LogP contribution is -2.17. The molecule has 0 fully saturated rings. The zero-order valence-corrected chi connectivity index (χ0v) is 10.8. The van der Waals surface area contributed by atoms with Gasteiger partial charge in [0.2, 0.25) is 0 Å². The average Bonchev–Trinajstić information content (AvgIpc) is 2.79. The molecule has 0 spiro atoms. The summed E-state index contributed by atoms with van der Waals surface area (Å²) < 4.78 is 15.4. The molecule has 1 N–H and O–H groups in total. The Morgan fingerprint density at radius 1 is 1.39 bits per heavy atom. The van der Waals surface area contributed by atoms with Gasteiger partial charge in [-0.25, -0.2) is 4.39 Å². The molecule has 0 bridgehead atoms. The standard InChI is InChI=1S/C12H14ClFN4/c1-2-18-8-16-17-12(18)7-15-6-9-3-4-10(13)5-11(9)14/h3-5,8,15H,2,6-7H2,1H3. The quantitative estimate of drug-likeness (QED) is 0.905. The van der Waals surface area contributed by atoms with Crippen molar-refractivity contribution in [3.8, 4) is 0 Å². The van der Waals surface area contributed by atoms with E-state index in [1.807, 2.05) is 11.5 Å². The third-order valence-corrected chi connectivity index (χ3v) is 2.89. The van der Waals surface area contributed by atoms with E-state index in [1.54, 1.807) is 18.5 Å². The highest BCUT2D eigenvalue weighted by Gasteiger charge is 2.05. The van der Waals surface area contributed by atoms with E-state index in [0.717, 1.165) is 12.4 Å². The van der Waals surface area contributed by atoms with Crippen LogP contribution in [-0.2, 0) is 19.6 Å². The number of benzene rings is 1. The van der Waals surface area contributed by atoms with E-state index >= 15 is 0 Å². The van der Waals surface area contributed by atoms with Gasteiger partial charge in [0.05, 0.1) is 6.54 Å². The fourth-order valence-corrected chi connectivity index (χ4v) is 1.81. The molecule has 1 heterocycles. The van der Waals surface area contributed by atoms with Gasteiger partial charge >= 0.3 is 0 Å². The van der Waals surface area contributed by atoms with Gasteiger partial charge in [0.1, 0.15) is 18.0 Å². The Morgan fingerprint density at radius 3 is 2.94 bits per heavy atom. The Hall–Kier alpha value is -1.46. The van der Waals surface area contributed by atoms with Crippen molar-refractivity contribution in [1.82, 2.24) is 20.1 Å². The van der Waals surface area contributed by atoms with E-state index in [9.17, 15) is 4.39 Å². The highest BCUT2D eigenvalue weighted by molar-refractivity contribution is 6.30. The Labute approximate surface area is 110 Å². The lowest BCUT2D eigenvalue weighted by Gasteiger charge is -2.07. The molecule has 2 aromatic rings. The summed E-state index contributed by atoms with van der Waals surface area (Å²) in [5, 5.41) is 11.4. The summed E-state index contributed by atoms with van der Waals surface area (Å²) in [6, 6.07) is 4.67. The van der Waals surface area contributed by atoms with Crippen LogP contribution in [0.25, 0.3) is 0 Å². The zero-order valence-electron chi connectivity index (χ0n) is 10.0. The summed E-state index contributed by atoms with van der Waals surface area (Å²) >= 11 is 5.69. The van der Waals surface area contributed by atoms with E-state index in [0.29, 0.717) is 23.7 Å². The Bertz CT molecular complexity index is 527. The molecule has 96 valence electrons. The van der Waals surface area contributed by atoms with Crippen molar-refractivity contribution in [3.05, 3.63) is 46.8 Å². The maximum atomic E-state index is 13.5. The summed E-state index contributed by atoms with van der Waals surface area (Å²) in [4.78, 5) is 0. The molecule has 18 heavy (non-hydrogen) atoms. The minimum atomic E-state index is -0.299. The van der Waals surface area contributed by atoms with Crippen LogP contribution in [0.5, 0.6) is 0 Å². The molecule has 6 heteroatoms.